The maximum absolute atomic E-state index is 13.1. The first-order chi connectivity index (χ1) is 48.7. The summed E-state index contributed by atoms with van der Waals surface area (Å²) >= 11 is 0. The van der Waals surface area contributed by atoms with Crippen LogP contribution in [0.2, 0.25) is 0 Å². The van der Waals surface area contributed by atoms with E-state index in [9.17, 15) is 43.2 Å². The number of unbranched alkanes of at least 4 members (excludes halogenated alkanes) is 23. The normalized spacial score (nSPS) is 14.7. The van der Waals surface area contributed by atoms with Crippen LogP contribution in [0.15, 0.2) is 134 Å². The molecule has 0 saturated carbocycles. The number of carbonyl (C=O) groups is 4. The van der Waals surface area contributed by atoms with E-state index < -0.39 is 97.5 Å². The molecule has 5 atom stereocenters. The molecule has 0 amide bonds. The monoisotopic (exact) mass is 1440 g/mol. The van der Waals surface area contributed by atoms with Crippen LogP contribution in [0.5, 0.6) is 0 Å². The standard InChI is InChI=1S/C81H136O17P2/c1-5-9-13-17-21-25-29-33-37-41-45-49-53-57-61-65-78(83)91-71-76(97-80(85)67-63-59-55-51-47-43-39-35-31-27-23-19-15-11-7-3)73-95-99(87,88)93-69-75(82)70-94-100(89,90)96-74-77(98-81(86)68-64-60-56-52-48-44-40-36-32-28-24-20-16-12-8-4)72-92-79(84)66-62-58-54-50-46-42-38-34-30-26-22-18-14-10-6-2/h9-11,13-15,21-28,33-40,75-77,82H,5-8,12,16-20,29-32,41-74H2,1-4H3,(H,87,88)(H,89,90)/b13-9-,14-10-,15-11-,25-21-,26-22-,27-23-,28-24-,37-33-,38-34-,39-35-,40-36-. The van der Waals surface area contributed by atoms with Crippen molar-refractivity contribution in [3.05, 3.63) is 134 Å². The molecule has 0 aromatic heterocycles. The highest BCUT2D eigenvalue weighted by Gasteiger charge is 2.30. The van der Waals surface area contributed by atoms with Crippen molar-refractivity contribution < 1.29 is 80.2 Å². The molecule has 0 aromatic carbocycles. The van der Waals surface area contributed by atoms with Crippen LogP contribution in [-0.4, -0.2) is 96.7 Å². The molecule has 0 rings (SSSR count). The van der Waals surface area contributed by atoms with E-state index in [1.165, 1.54) is 19.3 Å². The van der Waals surface area contributed by atoms with E-state index in [1.54, 1.807) is 0 Å². The minimum Gasteiger partial charge on any atom is -0.462 e. The third-order valence-electron chi connectivity index (χ3n) is 15.6. The molecule has 0 aliphatic heterocycles. The molecule has 0 radical (unpaired) electrons. The molecular formula is C81H136O17P2. The van der Waals surface area contributed by atoms with Crippen LogP contribution in [0.3, 0.4) is 0 Å². The van der Waals surface area contributed by atoms with E-state index in [1.807, 2.05) is 0 Å². The van der Waals surface area contributed by atoms with Gasteiger partial charge in [0, 0.05) is 25.7 Å². The Labute approximate surface area is 605 Å². The van der Waals surface area contributed by atoms with Gasteiger partial charge in [-0.2, -0.15) is 0 Å². The smallest absolute Gasteiger partial charge is 0.462 e. The fourth-order valence-electron chi connectivity index (χ4n) is 9.82. The van der Waals surface area contributed by atoms with E-state index in [2.05, 4.69) is 161 Å². The summed E-state index contributed by atoms with van der Waals surface area (Å²) in [6.45, 7) is 4.44. The Morgan fingerprint density at radius 2 is 0.520 bits per heavy atom. The van der Waals surface area contributed by atoms with Crippen LogP contribution in [0, 0.1) is 0 Å². The van der Waals surface area contributed by atoms with Crippen molar-refractivity contribution in [1.29, 1.82) is 0 Å². The maximum atomic E-state index is 13.1. The number of hydrogen-bond acceptors (Lipinski definition) is 15. The first-order valence-corrected chi connectivity index (χ1v) is 41.4. The highest BCUT2D eigenvalue weighted by atomic mass is 31.2. The summed E-state index contributed by atoms with van der Waals surface area (Å²) in [6.07, 6.45) is 80.0. The number of ether oxygens (including phenoxy) is 4. The zero-order valence-electron chi connectivity index (χ0n) is 62.3. The number of allylic oxidation sites excluding steroid dienone is 22. The van der Waals surface area contributed by atoms with Crippen molar-refractivity contribution in [2.45, 2.75) is 316 Å². The predicted octanol–water partition coefficient (Wildman–Crippen LogP) is 22.1. The van der Waals surface area contributed by atoms with Gasteiger partial charge in [0.15, 0.2) is 12.2 Å². The van der Waals surface area contributed by atoms with Gasteiger partial charge in [0.1, 0.15) is 19.3 Å². The fourth-order valence-corrected chi connectivity index (χ4v) is 11.4. The van der Waals surface area contributed by atoms with Crippen LogP contribution < -0.4 is 0 Å². The van der Waals surface area contributed by atoms with Gasteiger partial charge < -0.3 is 33.8 Å². The van der Waals surface area contributed by atoms with Crippen LogP contribution >= 0.6 is 15.6 Å². The fraction of sp³-hybridized carbons (Fsp3) is 0.679. The molecular weight excluding hydrogens is 1310 g/mol. The second-order valence-electron chi connectivity index (χ2n) is 25.1. The summed E-state index contributed by atoms with van der Waals surface area (Å²) in [4.78, 5) is 72.9. The Hall–Kier alpha value is -4.80. The molecule has 0 aromatic rings. The molecule has 0 spiro atoms. The lowest BCUT2D eigenvalue weighted by molar-refractivity contribution is -0.161. The molecule has 0 aliphatic carbocycles. The first-order valence-electron chi connectivity index (χ1n) is 38.4. The predicted molar refractivity (Wildman–Crippen MR) is 408 cm³/mol. The van der Waals surface area contributed by atoms with Crippen LogP contribution in [0.4, 0.5) is 0 Å². The third kappa shape index (κ3) is 71.6. The lowest BCUT2D eigenvalue weighted by Crippen LogP contribution is -2.30. The highest BCUT2D eigenvalue weighted by Crippen LogP contribution is 2.45. The first kappa shape index (κ1) is 95.2. The van der Waals surface area contributed by atoms with E-state index in [4.69, 9.17) is 37.0 Å². The Morgan fingerprint density at radius 3 is 0.800 bits per heavy atom. The number of aliphatic hydroxyl groups excluding tert-OH is 1. The zero-order valence-corrected chi connectivity index (χ0v) is 64.1. The molecule has 100 heavy (non-hydrogen) atoms. The highest BCUT2D eigenvalue weighted by molar-refractivity contribution is 7.47. The van der Waals surface area contributed by atoms with Gasteiger partial charge in [-0.15, -0.1) is 0 Å². The SMILES string of the molecule is CC/C=C\C/C=C\C/C=C\CCCCCCCC(=O)OCC(COP(=O)(O)OCC(O)COP(=O)(O)OCC(COC(=O)CCCCCCC/C=C\C/C=C\C/C=C\CC)OC(=O)CCCCCCC/C=C\C/C=C\CCCCC)OC(=O)CCCCCCC/C=C\C/C=C\C/C=C\CC. The summed E-state index contributed by atoms with van der Waals surface area (Å²) in [6, 6.07) is 0. The minimum absolute atomic E-state index is 0.0678. The summed E-state index contributed by atoms with van der Waals surface area (Å²) < 4.78 is 68.5. The molecule has 17 nitrogen and oxygen atoms in total. The topological polar surface area (TPSA) is 237 Å². The molecule has 3 N–H and O–H groups in total. The maximum Gasteiger partial charge on any atom is 0.472 e. The van der Waals surface area contributed by atoms with Crippen molar-refractivity contribution >= 4 is 39.5 Å². The van der Waals surface area contributed by atoms with Gasteiger partial charge >= 0.3 is 39.5 Å². The average Bonchev–Trinajstić information content (AvgIpc) is 1.01. The van der Waals surface area contributed by atoms with Crippen molar-refractivity contribution in [2.24, 2.45) is 0 Å². The number of rotatable bonds is 71. The number of phosphoric acid groups is 2. The molecule has 0 aliphatic rings. The van der Waals surface area contributed by atoms with Gasteiger partial charge in [0.2, 0.25) is 0 Å². The number of aliphatic hydroxyl groups is 1. The van der Waals surface area contributed by atoms with E-state index in [-0.39, 0.29) is 25.7 Å². The number of carbonyl (C=O) groups excluding carboxylic acids is 4. The van der Waals surface area contributed by atoms with Gasteiger partial charge in [0.05, 0.1) is 26.4 Å². The van der Waals surface area contributed by atoms with Gasteiger partial charge in [-0.1, -0.05) is 251 Å². The second kappa shape index (κ2) is 72.5. The summed E-state index contributed by atoms with van der Waals surface area (Å²) in [5.41, 5.74) is 0. The molecule has 0 fully saturated rings. The van der Waals surface area contributed by atoms with Gasteiger partial charge in [-0.25, -0.2) is 9.13 Å². The average molecular weight is 1440 g/mol. The second-order valence-corrected chi connectivity index (χ2v) is 28.1. The van der Waals surface area contributed by atoms with Gasteiger partial charge in [-0.05, 0) is 154 Å². The molecule has 0 heterocycles. The van der Waals surface area contributed by atoms with Crippen LogP contribution in [0.25, 0.3) is 0 Å². The molecule has 19 heteroatoms. The van der Waals surface area contributed by atoms with Crippen molar-refractivity contribution in [3.8, 4) is 0 Å². The van der Waals surface area contributed by atoms with Crippen molar-refractivity contribution in [1.82, 2.24) is 0 Å². The zero-order chi connectivity index (χ0) is 73.2. The molecule has 572 valence electrons. The summed E-state index contributed by atoms with van der Waals surface area (Å²) in [5, 5.41) is 10.6. The van der Waals surface area contributed by atoms with Crippen molar-refractivity contribution in [3.63, 3.8) is 0 Å². The lowest BCUT2D eigenvalue weighted by atomic mass is 10.1. The molecule has 0 bridgehead atoms. The Bertz CT molecular complexity index is 2420. The number of phosphoric ester groups is 2. The van der Waals surface area contributed by atoms with E-state index in [0.29, 0.717) is 25.7 Å². The summed E-state index contributed by atoms with van der Waals surface area (Å²) in [7, 11) is -9.98. The van der Waals surface area contributed by atoms with Gasteiger partial charge in [0.25, 0.3) is 0 Å². The number of esters is 4. The van der Waals surface area contributed by atoms with Crippen molar-refractivity contribution in [2.75, 3.05) is 39.6 Å². The van der Waals surface area contributed by atoms with Gasteiger partial charge in [-0.3, -0.25) is 37.3 Å². The molecule has 5 unspecified atom stereocenters. The van der Waals surface area contributed by atoms with E-state index >= 15 is 0 Å². The Balaban J connectivity index is 5.41. The Morgan fingerprint density at radius 1 is 0.290 bits per heavy atom. The minimum atomic E-state index is -4.99. The quantitative estimate of drug-likeness (QED) is 0.0169. The van der Waals surface area contributed by atoms with E-state index in [0.717, 1.165) is 199 Å². The Kier molecular flexibility index (Phi) is 69.1. The summed E-state index contributed by atoms with van der Waals surface area (Å²) in [5.74, 6) is -2.25. The third-order valence-corrected chi connectivity index (χ3v) is 17.5. The molecule has 0 saturated heterocycles. The number of hydrogen-bond donors (Lipinski definition) is 3. The lowest BCUT2D eigenvalue weighted by Gasteiger charge is -2.21. The van der Waals surface area contributed by atoms with Crippen LogP contribution in [0.1, 0.15) is 297 Å². The largest absolute Gasteiger partial charge is 0.472 e. The van der Waals surface area contributed by atoms with Crippen LogP contribution in [-0.2, 0) is 65.4 Å².